The smallest absolute Gasteiger partial charge is 0.289 e. The molecule has 2 amide bonds. The number of carbonyl (C=O) groups excluding carboxylic acids is 2. The Labute approximate surface area is 190 Å². The Bertz CT molecular complexity index is 1270. The lowest BCUT2D eigenvalue weighted by atomic mass is 10.1. The van der Waals surface area contributed by atoms with E-state index in [1.54, 1.807) is 36.4 Å². The minimum absolute atomic E-state index is 0.134. The van der Waals surface area contributed by atoms with E-state index < -0.39 is 5.91 Å². The standard InChI is InChI=1S/C25H21ClN2O4/c1-28(15-24(29)27-22-9-5-4-8-21(22)26)25(30)23-13-12-20(32-23)16-31-19-11-10-17-6-2-3-7-18(17)14-19/h2-14H,15-16H2,1H3,(H,27,29). The first-order valence-corrected chi connectivity index (χ1v) is 10.4. The molecule has 0 saturated carbocycles. The molecule has 1 N–H and O–H groups in total. The molecule has 0 fully saturated rings. The molecular formula is C25H21ClN2O4. The minimum atomic E-state index is -0.406. The zero-order valence-electron chi connectivity index (χ0n) is 17.4. The third-order valence-corrected chi connectivity index (χ3v) is 5.18. The average molecular weight is 449 g/mol. The van der Waals surface area contributed by atoms with Crippen molar-refractivity contribution in [1.29, 1.82) is 0 Å². The molecular weight excluding hydrogens is 428 g/mol. The lowest BCUT2D eigenvalue weighted by molar-refractivity contribution is -0.116. The number of rotatable bonds is 7. The quantitative estimate of drug-likeness (QED) is 0.412. The molecule has 0 atom stereocenters. The monoisotopic (exact) mass is 448 g/mol. The molecule has 1 heterocycles. The molecule has 32 heavy (non-hydrogen) atoms. The molecule has 0 aliphatic heterocycles. The van der Waals surface area contributed by atoms with Crippen LogP contribution < -0.4 is 10.1 Å². The van der Waals surface area contributed by atoms with E-state index in [2.05, 4.69) is 5.32 Å². The number of anilines is 1. The minimum Gasteiger partial charge on any atom is -0.486 e. The van der Waals surface area contributed by atoms with Gasteiger partial charge in [-0.15, -0.1) is 0 Å². The maximum Gasteiger partial charge on any atom is 0.289 e. The summed E-state index contributed by atoms with van der Waals surface area (Å²) in [5, 5.41) is 5.33. The maximum absolute atomic E-state index is 12.6. The van der Waals surface area contributed by atoms with E-state index in [1.165, 1.54) is 11.9 Å². The first-order valence-electron chi connectivity index (χ1n) is 10.00. The topological polar surface area (TPSA) is 71.8 Å². The van der Waals surface area contributed by atoms with Crippen molar-refractivity contribution in [2.45, 2.75) is 6.61 Å². The lowest BCUT2D eigenvalue weighted by Crippen LogP contribution is -2.34. The third kappa shape index (κ3) is 5.10. The van der Waals surface area contributed by atoms with E-state index in [0.717, 1.165) is 10.8 Å². The van der Waals surface area contributed by atoms with Crippen LogP contribution in [0.5, 0.6) is 5.75 Å². The van der Waals surface area contributed by atoms with Crippen molar-refractivity contribution in [3.63, 3.8) is 0 Å². The summed E-state index contributed by atoms with van der Waals surface area (Å²) in [7, 11) is 1.53. The zero-order valence-corrected chi connectivity index (χ0v) is 18.1. The van der Waals surface area contributed by atoms with Crippen LogP contribution >= 0.6 is 11.6 Å². The fourth-order valence-corrected chi connectivity index (χ4v) is 3.39. The second kappa shape index (κ2) is 9.58. The van der Waals surface area contributed by atoms with Gasteiger partial charge in [-0.2, -0.15) is 0 Å². The summed E-state index contributed by atoms with van der Waals surface area (Å²) in [5.41, 5.74) is 0.492. The molecule has 0 aliphatic rings. The van der Waals surface area contributed by atoms with Gasteiger partial charge in [-0.1, -0.05) is 54.1 Å². The van der Waals surface area contributed by atoms with Crippen molar-refractivity contribution in [2.75, 3.05) is 18.9 Å². The van der Waals surface area contributed by atoms with E-state index in [-0.39, 0.29) is 24.8 Å². The lowest BCUT2D eigenvalue weighted by Gasteiger charge is -2.15. The molecule has 0 aliphatic carbocycles. The molecule has 0 saturated heterocycles. The van der Waals surface area contributed by atoms with Gasteiger partial charge in [0.15, 0.2) is 5.76 Å². The van der Waals surface area contributed by atoms with Crippen LogP contribution in [0.1, 0.15) is 16.3 Å². The number of likely N-dealkylation sites (N-methyl/N-ethyl adjacent to an activating group) is 1. The van der Waals surface area contributed by atoms with Crippen LogP contribution in [0.25, 0.3) is 10.8 Å². The van der Waals surface area contributed by atoms with Crippen molar-refractivity contribution < 1.29 is 18.7 Å². The van der Waals surface area contributed by atoms with Gasteiger partial charge in [0.05, 0.1) is 17.3 Å². The van der Waals surface area contributed by atoms with E-state index in [4.69, 9.17) is 20.8 Å². The predicted octanol–water partition coefficient (Wildman–Crippen LogP) is 5.38. The van der Waals surface area contributed by atoms with Crippen LogP contribution in [0.3, 0.4) is 0 Å². The number of carbonyl (C=O) groups is 2. The van der Waals surface area contributed by atoms with Crippen molar-refractivity contribution in [3.8, 4) is 5.75 Å². The number of fused-ring (bicyclic) bond motifs is 1. The van der Waals surface area contributed by atoms with Crippen molar-refractivity contribution in [2.24, 2.45) is 0 Å². The van der Waals surface area contributed by atoms with Crippen LogP contribution in [-0.4, -0.2) is 30.3 Å². The summed E-state index contributed by atoms with van der Waals surface area (Å²) in [6, 6.07) is 24.0. The molecule has 7 heteroatoms. The number of halogens is 1. The van der Waals surface area contributed by atoms with Crippen LogP contribution in [-0.2, 0) is 11.4 Å². The summed E-state index contributed by atoms with van der Waals surface area (Å²) in [6.45, 7) is 0.0377. The van der Waals surface area contributed by atoms with Gasteiger partial charge >= 0.3 is 0 Å². The first kappa shape index (κ1) is 21.5. The number of ether oxygens (including phenoxy) is 1. The van der Waals surface area contributed by atoms with E-state index >= 15 is 0 Å². The van der Waals surface area contributed by atoms with E-state index in [9.17, 15) is 9.59 Å². The Kier molecular flexibility index (Phi) is 6.42. The van der Waals surface area contributed by atoms with Crippen LogP contribution in [0.15, 0.2) is 83.3 Å². The normalized spacial score (nSPS) is 10.7. The van der Waals surface area contributed by atoms with Crippen LogP contribution in [0.2, 0.25) is 5.02 Å². The third-order valence-electron chi connectivity index (χ3n) is 4.85. The van der Waals surface area contributed by atoms with Crippen molar-refractivity contribution in [3.05, 3.63) is 95.4 Å². The molecule has 3 aromatic carbocycles. The highest BCUT2D eigenvalue weighted by molar-refractivity contribution is 6.33. The Morgan fingerprint density at radius 3 is 2.53 bits per heavy atom. The summed E-state index contributed by atoms with van der Waals surface area (Å²) in [6.07, 6.45) is 0. The number of hydrogen-bond donors (Lipinski definition) is 1. The van der Waals surface area contributed by atoms with Gasteiger partial charge in [0.2, 0.25) is 5.91 Å². The van der Waals surface area contributed by atoms with Crippen molar-refractivity contribution in [1.82, 2.24) is 4.90 Å². The van der Waals surface area contributed by atoms with E-state index in [0.29, 0.717) is 22.2 Å². The second-order valence-corrected chi connectivity index (χ2v) is 7.66. The Morgan fingerprint density at radius 2 is 1.72 bits per heavy atom. The Morgan fingerprint density at radius 1 is 0.969 bits per heavy atom. The summed E-state index contributed by atoms with van der Waals surface area (Å²) < 4.78 is 11.4. The first-order chi connectivity index (χ1) is 15.5. The molecule has 1 aromatic heterocycles. The van der Waals surface area contributed by atoms with Crippen molar-refractivity contribution >= 4 is 39.9 Å². The molecule has 4 rings (SSSR count). The number of para-hydroxylation sites is 1. The van der Waals surface area contributed by atoms with Gasteiger partial charge < -0.3 is 19.4 Å². The summed E-state index contributed by atoms with van der Waals surface area (Å²) in [5.74, 6) is 0.587. The SMILES string of the molecule is CN(CC(=O)Nc1ccccc1Cl)C(=O)c1ccc(COc2ccc3ccccc3c2)o1. The molecule has 0 unspecified atom stereocenters. The molecule has 0 spiro atoms. The summed E-state index contributed by atoms with van der Waals surface area (Å²) >= 11 is 6.05. The van der Waals surface area contributed by atoms with Crippen LogP contribution in [0, 0.1) is 0 Å². The largest absolute Gasteiger partial charge is 0.486 e. The number of benzene rings is 3. The highest BCUT2D eigenvalue weighted by atomic mass is 35.5. The van der Waals surface area contributed by atoms with E-state index in [1.807, 2.05) is 42.5 Å². The Hall–Kier alpha value is -3.77. The number of furan rings is 1. The predicted molar refractivity (Wildman–Crippen MR) is 124 cm³/mol. The highest BCUT2D eigenvalue weighted by Crippen LogP contribution is 2.22. The fraction of sp³-hybridized carbons (Fsp3) is 0.120. The zero-order chi connectivity index (χ0) is 22.5. The second-order valence-electron chi connectivity index (χ2n) is 7.25. The molecule has 6 nitrogen and oxygen atoms in total. The molecule has 0 radical (unpaired) electrons. The molecule has 4 aromatic rings. The van der Waals surface area contributed by atoms with Gasteiger partial charge in [0.25, 0.3) is 5.91 Å². The van der Waals surface area contributed by atoms with Gasteiger partial charge in [-0.3, -0.25) is 9.59 Å². The van der Waals surface area contributed by atoms with Gasteiger partial charge in [-0.05, 0) is 47.2 Å². The van der Waals surface area contributed by atoms with Gasteiger partial charge in [-0.25, -0.2) is 0 Å². The number of nitrogens with zero attached hydrogens (tertiary/aromatic N) is 1. The van der Waals surface area contributed by atoms with Gasteiger partial charge in [0, 0.05) is 7.05 Å². The van der Waals surface area contributed by atoms with Crippen LogP contribution in [0.4, 0.5) is 5.69 Å². The molecule has 162 valence electrons. The number of nitrogens with one attached hydrogen (secondary N) is 1. The average Bonchev–Trinajstić information content (AvgIpc) is 3.27. The highest BCUT2D eigenvalue weighted by Gasteiger charge is 2.19. The van der Waals surface area contributed by atoms with Gasteiger partial charge in [0.1, 0.15) is 18.1 Å². The Balaban J connectivity index is 1.33. The number of hydrogen-bond acceptors (Lipinski definition) is 4. The maximum atomic E-state index is 12.6. The fourth-order valence-electron chi connectivity index (χ4n) is 3.21. The summed E-state index contributed by atoms with van der Waals surface area (Å²) in [4.78, 5) is 26.1. The number of amides is 2. The molecule has 0 bridgehead atoms.